The Bertz CT molecular complexity index is 527. The van der Waals surface area contributed by atoms with Crippen LogP contribution in [-0.2, 0) is 0 Å². The van der Waals surface area contributed by atoms with Gasteiger partial charge >= 0.3 is 0 Å². The Morgan fingerprint density at radius 2 is 1.83 bits per heavy atom. The third-order valence-electron chi connectivity index (χ3n) is 3.21. The lowest BCUT2D eigenvalue weighted by Crippen LogP contribution is -2.04. The number of pyridine rings is 1. The molecule has 0 aliphatic rings. The normalized spacial score (nSPS) is 14.2. The summed E-state index contributed by atoms with van der Waals surface area (Å²) in [4.78, 5) is 4.30. The molecule has 1 aromatic heterocycles. The first-order valence-electron chi connectivity index (χ1n) is 5.89. The molecule has 2 unspecified atom stereocenters. The topological polar surface area (TPSA) is 12.9 Å². The van der Waals surface area contributed by atoms with Gasteiger partial charge in [-0.25, -0.2) is 0 Å². The summed E-state index contributed by atoms with van der Waals surface area (Å²) in [5, 5.41) is 0.780. The van der Waals surface area contributed by atoms with E-state index in [4.69, 9.17) is 11.6 Å². The van der Waals surface area contributed by atoms with Gasteiger partial charge in [-0.05, 0) is 53.8 Å². The highest BCUT2D eigenvalue weighted by Crippen LogP contribution is 2.39. The zero-order valence-corrected chi connectivity index (χ0v) is 12.7. The van der Waals surface area contributed by atoms with Crippen molar-refractivity contribution in [2.45, 2.75) is 24.6 Å². The van der Waals surface area contributed by atoms with Gasteiger partial charge in [0, 0.05) is 22.2 Å². The first-order chi connectivity index (χ1) is 8.59. The van der Waals surface area contributed by atoms with Crippen LogP contribution in [-0.4, -0.2) is 4.98 Å². The molecule has 0 fully saturated rings. The SMILES string of the molecule is Cc1ccc(Cl)cc1C(Br)C(C)c1ccncc1. The molecule has 2 aromatic rings. The molecule has 1 nitrogen and oxygen atoms in total. The molecule has 0 saturated heterocycles. The summed E-state index contributed by atoms with van der Waals surface area (Å²) < 4.78 is 0. The molecule has 0 saturated carbocycles. The van der Waals surface area contributed by atoms with Gasteiger partial charge in [0.05, 0.1) is 0 Å². The van der Waals surface area contributed by atoms with Crippen molar-refractivity contribution >= 4 is 27.5 Å². The lowest BCUT2D eigenvalue weighted by Gasteiger charge is -2.21. The van der Waals surface area contributed by atoms with Gasteiger partial charge in [-0.15, -0.1) is 0 Å². The number of hydrogen-bond acceptors (Lipinski definition) is 1. The van der Waals surface area contributed by atoms with Crippen LogP contribution >= 0.6 is 27.5 Å². The van der Waals surface area contributed by atoms with Gasteiger partial charge in [0.15, 0.2) is 0 Å². The fourth-order valence-electron chi connectivity index (χ4n) is 2.01. The zero-order chi connectivity index (χ0) is 13.1. The van der Waals surface area contributed by atoms with Crippen molar-refractivity contribution in [3.05, 3.63) is 64.4 Å². The second kappa shape index (κ2) is 5.85. The number of aromatic nitrogens is 1. The van der Waals surface area contributed by atoms with E-state index in [1.165, 1.54) is 16.7 Å². The Kier molecular flexibility index (Phi) is 4.41. The molecule has 0 N–H and O–H groups in total. The number of aryl methyl sites for hydroxylation is 1. The average Bonchev–Trinajstić information content (AvgIpc) is 2.41. The predicted octanol–water partition coefficient (Wildman–Crippen LogP) is 5.28. The van der Waals surface area contributed by atoms with Crippen molar-refractivity contribution in [2.75, 3.05) is 0 Å². The van der Waals surface area contributed by atoms with E-state index >= 15 is 0 Å². The summed E-state index contributed by atoms with van der Waals surface area (Å²) >= 11 is 9.87. The number of halogens is 2. The molecule has 18 heavy (non-hydrogen) atoms. The van der Waals surface area contributed by atoms with E-state index < -0.39 is 0 Å². The van der Waals surface area contributed by atoms with E-state index in [1.54, 1.807) is 0 Å². The summed E-state index contributed by atoms with van der Waals surface area (Å²) in [6, 6.07) is 10.1. The van der Waals surface area contributed by atoms with Gasteiger partial charge in [-0.3, -0.25) is 4.98 Å². The molecular formula is C15H15BrClN. The molecule has 1 aromatic carbocycles. The molecule has 0 aliphatic carbocycles. The van der Waals surface area contributed by atoms with E-state index in [0.29, 0.717) is 5.92 Å². The molecule has 2 rings (SSSR count). The lowest BCUT2D eigenvalue weighted by atomic mass is 9.92. The first kappa shape index (κ1) is 13.6. The fraction of sp³-hybridized carbons (Fsp3) is 0.267. The summed E-state index contributed by atoms with van der Waals surface area (Å²) in [6.07, 6.45) is 3.66. The van der Waals surface area contributed by atoms with Crippen molar-refractivity contribution in [1.29, 1.82) is 0 Å². The van der Waals surface area contributed by atoms with Crippen LogP contribution in [0.5, 0.6) is 0 Å². The Morgan fingerprint density at radius 1 is 1.17 bits per heavy atom. The van der Waals surface area contributed by atoms with Crippen molar-refractivity contribution in [3.63, 3.8) is 0 Å². The van der Waals surface area contributed by atoms with Gasteiger partial charge in [-0.2, -0.15) is 0 Å². The second-order valence-electron chi connectivity index (χ2n) is 4.47. The zero-order valence-electron chi connectivity index (χ0n) is 10.4. The minimum Gasteiger partial charge on any atom is -0.265 e. The van der Waals surface area contributed by atoms with Crippen LogP contribution in [0.1, 0.15) is 34.4 Å². The van der Waals surface area contributed by atoms with Gasteiger partial charge in [0.1, 0.15) is 0 Å². The number of hydrogen-bond donors (Lipinski definition) is 0. The fourth-order valence-corrected chi connectivity index (χ4v) is 2.99. The Balaban J connectivity index is 2.31. The van der Waals surface area contributed by atoms with Gasteiger partial charge < -0.3 is 0 Å². The van der Waals surface area contributed by atoms with E-state index in [-0.39, 0.29) is 4.83 Å². The highest BCUT2D eigenvalue weighted by Gasteiger charge is 2.19. The number of rotatable bonds is 3. The summed E-state index contributed by atoms with van der Waals surface area (Å²) in [7, 11) is 0. The standard InChI is InChI=1S/C15H15BrClN/c1-10-3-4-13(17)9-14(10)15(16)11(2)12-5-7-18-8-6-12/h3-9,11,15H,1-2H3. The minimum absolute atomic E-state index is 0.249. The van der Waals surface area contributed by atoms with Crippen LogP contribution in [0.25, 0.3) is 0 Å². The number of nitrogens with zero attached hydrogens (tertiary/aromatic N) is 1. The van der Waals surface area contributed by atoms with Crippen molar-refractivity contribution in [3.8, 4) is 0 Å². The van der Waals surface area contributed by atoms with E-state index in [2.05, 4.69) is 53.0 Å². The summed E-state index contributed by atoms with van der Waals surface area (Å²) in [5.41, 5.74) is 3.76. The Labute approximate surface area is 121 Å². The molecular weight excluding hydrogens is 310 g/mol. The number of benzene rings is 1. The maximum Gasteiger partial charge on any atom is 0.0464 e. The molecule has 0 aliphatic heterocycles. The third kappa shape index (κ3) is 2.93. The van der Waals surface area contributed by atoms with Crippen LogP contribution in [0.15, 0.2) is 42.7 Å². The van der Waals surface area contributed by atoms with Crippen molar-refractivity contribution in [2.24, 2.45) is 0 Å². The van der Waals surface area contributed by atoms with E-state index in [9.17, 15) is 0 Å². The van der Waals surface area contributed by atoms with Gasteiger partial charge in [0.2, 0.25) is 0 Å². The highest BCUT2D eigenvalue weighted by molar-refractivity contribution is 9.09. The molecule has 0 amide bonds. The third-order valence-corrected chi connectivity index (χ3v) is 4.73. The van der Waals surface area contributed by atoms with E-state index in [1.807, 2.05) is 24.5 Å². The number of alkyl halides is 1. The van der Waals surface area contributed by atoms with Gasteiger partial charge in [0.25, 0.3) is 0 Å². The van der Waals surface area contributed by atoms with Crippen LogP contribution < -0.4 is 0 Å². The largest absolute Gasteiger partial charge is 0.265 e. The van der Waals surface area contributed by atoms with Crippen LogP contribution in [0, 0.1) is 6.92 Å². The summed E-state index contributed by atoms with van der Waals surface area (Å²) in [5.74, 6) is 0.366. The quantitative estimate of drug-likeness (QED) is 0.700. The molecule has 0 bridgehead atoms. The van der Waals surface area contributed by atoms with Gasteiger partial charge in [-0.1, -0.05) is 40.5 Å². The predicted molar refractivity (Wildman–Crippen MR) is 80.5 cm³/mol. The minimum atomic E-state index is 0.249. The van der Waals surface area contributed by atoms with Crippen molar-refractivity contribution in [1.82, 2.24) is 4.98 Å². The Morgan fingerprint density at radius 3 is 2.50 bits per heavy atom. The highest BCUT2D eigenvalue weighted by atomic mass is 79.9. The van der Waals surface area contributed by atoms with E-state index in [0.717, 1.165) is 5.02 Å². The molecule has 1 heterocycles. The Hall–Kier alpha value is -0.860. The summed E-state index contributed by atoms with van der Waals surface area (Å²) in [6.45, 7) is 4.31. The second-order valence-corrected chi connectivity index (χ2v) is 5.89. The molecule has 2 atom stereocenters. The molecule has 94 valence electrons. The lowest BCUT2D eigenvalue weighted by molar-refractivity contribution is 0.746. The monoisotopic (exact) mass is 323 g/mol. The van der Waals surface area contributed by atoms with Crippen LogP contribution in [0.4, 0.5) is 0 Å². The molecule has 3 heteroatoms. The first-order valence-corrected chi connectivity index (χ1v) is 7.19. The molecule has 0 spiro atoms. The van der Waals surface area contributed by atoms with Crippen LogP contribution in [0.3, 0.4) is 0 Å². The molecule has 0 radical (unpaired) electrons. The van der Waals surface area contributed by atoms with Crippen molar-refractivity contribution < 1.29 is 0 Å². The van der Waals surface area contributed by atoms with Crippen LogP contribution in [0.2, 0.25) is 5.02 Å². The maximum absolute atomic E-state index is 6.08. The average molecular weight is 325 g/mol. The smallest absolute Gasteiger partial charge is 0.0464 e. The maximum atomic E-state index is 6.08.